The van der Waals surface area contributed by atoms with Gasteiger partial charge in [0.1, 0.15) is 5.82 Å². The van der Waals surface area contributed by atoms with Gasteiger partial charge in [0, 0.05) is 24.7 Å². The molecule has 1 aromatic carbocycles. The zero-order valence-electron chi connectivity index (χ0n) is 16.7. The van der Waals surface area contributed by atoms with Crippen molar-refractivity contribution in [2.24, 2.45) is 11.0 Å². The van der Waals surface area contributed by atoms with Crippen molar-refractivity contribution in [1.29, 1.82) is 0 Å². The quantitative estimate of drug-likeness (QED) is 0.480. The number of hydrogen-bond acceptors (Lipinski definition) is 3. The van der Waals surface area contributed by atoms with Crippen LogP contribution in [-0.4, -0.2) is 18.8 Å². The van der Waals surface area contributed by atoms with Crippen LogP contribution in [0.4, 0.5) is 10.1 Å². The Hall–Kier alpha value is -2.62. The number of halogens is 1. The van der Waals surface area contributed by atoms with E-state index in [2.05, 4.69) is 60.6 Å². The molecule has 1 aromatic rings. The molecule has 3 nitrogen and oxygen atoms in total. The predicted octanol–water partition coefficient (Wildman–Crippen LogP) is 5.68. The lowest BCUT2D eigenvalue weighted by Gasteiger charge is -2.30. The normalized spacial score (nSPS) is 20.0. The van der Waals surface area contributed by atoms with Gasteiger partial charge in [0.2, 0.25) is 0 Å². The Labute approximate surface area is 162 Å². The number of hydrogen-bond donors (Lipinski definition) is 2. The third kappa shape index (κ3) is 5.19. The summed E-state index contributed by atoms with van der Waals surface area (Å²) in [5.41, 5.74) is 7.32. The molecule has 1 aliphatic heterocycles. The molecule has 1 aliphatic rings. The molecule has 0 radical (unpaired) electrons. The van der Waals surface area contributed by atoms with Gasteiger partial charge < -0.3 is 10.7 Å². The van der Waals surface area contributed by atoms with Crippen molar-refractivity contribution < 1.29 is 4.39 Å². The minimum absolute atomic E-state index is 0.0156. The number of allylic oxidation sites excluding steroid dienone is 4. The topological polar surface area (TPSA) is 36.4 Å². The molecule has 144 valence electrons. The summed E-state index contributed by atoms with van der Waals surface area (Å²) in [6.07, 6.45) is 14.0. The number of fused-ring (bicyclic) bond motifs is 1. The van der Waals surface area contributed by atoms with Crippen molar-refractivity contribution in [3.63, 3.8) is 0 Å². The van der Waals surface area contributed by atoms with Crippen molar-refractivity contribution in [3.8, 4) is 0 Å². The highest BCUT2D eigenvalue weighted by molar-refractivity contribution is 6.10. The molecule has 0 amide bonds. The summed E-state index contributed by atoms with van der Waals surface area (Å²) in [5.74, 6) is 0.257. The Kier molecular flexibility index (Phi) is 7.59. The monoisotopic (exact) mass is 367 g/mol. The smallest absolute Gasteiger partial charge is 0.125 e. The fourth-order valence-corrected chi connectivity index (χ4v) is 3.17. The van der Waals surface area contributed by atoms with E-state index in [9.17, 15) is 4.39 Å². The predicted molar refractivity (Wildman–Crippen MR) is 116 cm³/mol. The number of hydrazone groups is 1. The summed E-state index contributed by atoms with van der Waals surface area (Å²) in [5, 5.41) is 7.95. The first-order valence-electron chi connectivity index (χ1n) is 9.51. The van der Waals surface area contributed by atoms with Crippen molar-refractivity contribution in [2.75, 3.05) is 12.4 Å². The van der Waals surface area contributed by atoms with E-state index in [0.29, 0.717) is 12.3 Å². The van der Waals surface area contributed by atoms with Gasteiger partial charge in [-0.1, -0.05) is 63.3 Å². The highest BCUT2D eigenvalue weighted by Crippen LogP contribution is 2.32. The molecule has 2 N–H and O–H groups in total. The maximum absolute atomic E-state index is 14.1. The molecule has 0 spiro atoms. The van der Waals surface area contributed by atoms with Gasteiger partial charge in [0.15, 0.2) is 0 Å². The third-order valence-corrected chi connectivity index (χ3v) is 4.75. The summed E-state index contributed by atoms with van der Waals surface area (Å²) in [6.45, 7) is 10.2. The van der Waals surface area contributed by atoms with Crippen LogP contribution in [0.15, 0.2) is 59.8 Å². The van der Waals surface area contributed by atoms with Crippen LogP contribution in [0.3, 0.4) is 0 Å². The lowest BCUT2D eigenvalue weighted by Crippen LogP contribution is -2.32. The van der Waals surface area contributed by atoms with E-state index in [1.165, 1.54) is 12.1 Å². The molecule has 2 rings (SSSR count). The highest BCUT2D eigenvalue weighted by Gasteiger charge is 2.27. The summed E-state index contributed by atoms with van der Waals surface area (Å²) in [4.78, 5) is 0. The Bertz CT molecular complexity index is 787. The van der Waals surface area contributed by atoms with Crippen LogP contribution in [0.1, 0.15) is 44.7 Å². The molecule has 2 atom stereocenters. The van der Waals surface area contributed by atoms with E-state index in [0.717, 1.165) is 34.5 Å². The van der Waals surface area contributed by atoms with Crippen molar-refractivity contribution in [1.82, 2.24) is 5.43 Å². The fourth-order valence-electron chi connectivity index (χ4n) is 3.17. The Morgan fingerprint density at radius 3 is 2.89 bits per heavy atom. The lowest BCUT2D eigenvalue weighted by molar-refractivity contribution is 0.627. The second kappa shape index (κ2) is 9.91. The van der Waals surface area contributed by atoms with Crippen LogP contribution in [0.25, 0.3) is 6.08 Å². The van der Waals surface area contributed by atoms with E-state index in [1.807, 2.05) is 13.0 Å². The van der Waals surface area contributed by atoms with Gasteiger partial charge in [-0.05, 0) is 36.1 Å². The van der Waals surface area contributed by atoms with Crippen LogP contribution >= 0.6 is 0 Å². The largest absolute Gasteiger partial charge is 0.377 e. The van der Waals surface area contributed by atoms with Crippen molar-refractivity contribution >= 4 is 17.5 Å². The fraction of sp³-hybridized carbons (Fsp3) is 0.348. The third-order valence-electron chi connectivity index (χ3n) is 4.75. The lowest BCUT2D eigenvalue weighted by atomic mass is 9.88. The van der Waals surface area contributed by atoms with Gasteiger partial charge in [-0.25, -0.2) is 4.39 Å². The first-order valence-corrected chi connectivity index (χ1v) is 9.51. The zero-order valence-corrected chi connectivity index (χ0v) is 16.7. The van der Waals surface area contributed by atoms with Crippen LogP contribution in [-0.2, 0) is 0 Å². The van der Waals surface area contributed by atoms with E-state index >= 15 is 0 Å². The van der Waals surface area contributed by atoms with Crippen LogP contribution < -0.4 is 10.7 Å². The summed E-state index contributed by atoms with van der Waals surface area (Å²) >= 11 is 0. The second-order valence-electron chi connectivity index (χ2n) is 6.74. The molecule has 1 heterocycles. The molecule has 0 bridgehead atoms. The van der Waals surface area contributed by atoms with Crippen molar-refractivity contribution in [3.05, 3.63) is 71.6 Å². The summed E-state index contributed by atoms with van der Waals surface area (Å²) in [7, 11) is 1.78. The van der Waals surface area contributed by atoms with E-state index in [4.69, 9.17) is 0 Å². The first-order chi connectivity index (χ1) is 13.0. The molecule has 0 saturated carbocycles. The zero-order chi connectivity index (χ0) is 19.8. The maximum atomic E-state index is 14.1. The standard InChI is InChI=1S/C23H30FN3/c1-6-10-18(12-9-11-16(4)7-2)20-15-22(27-25-5)23-17(8-3)13-19(24)14-21(23)26-20/h6,8-14,16,20,25-26H,3,7,15H2,1-2,4-5H3/b10-6-,11-9-,18-12+,27-22-. The van der Waals surface area contributed by atoms with Gasteiger partial charge in [0.05, 0.1) is 11.8 Å². The average molecular weight is 368 g/mol. The number of nitrogens with zero attached hydrogens (tertiary/aromatic N) is 1. The summed E-state index contributed by atoms with van der Waals surface area (Å²) in [6, 6.07) is 3.04. The first kappa shape index (κ1) is 20.7. The molecular weight excluding hydrogens is 337 g/mol. The van der Waals surface area contributed by atoms with Crippen LogP contribution in [0, 0.1) is 11.7 Å². The van der Waals surface area contributed by atoms with E-state index in [1.54, 1.807) is 13.1 Å². The van der Waals surface area contributed by atoms with Gasteiger partial charge in [-0.3, -0.25) is 0 Å². The molecule has 0 saturated heterocycles. The highest BCUT2D eigenvalue weighted by atomic mass is 19.1. The van der Waals surface area contributed by atoms with Crippen molar-refractivity contribution in [2.45, 2.75) is 39.7 Å². The number of nitrogens with one attached hydrogen (secondary N) is 2. The maximum Gasteiger partial charge on any atom is 0.125 e. The summed E-state index contributed by atoms with van der Waals surface area (Å²) < 4.78 is 14.1. The van der Waals surface area contributed by atoms with Crippen LogP contribution in [0.5, 0.6) is 0 Å². The van der Waals surface area contributed by atoms with Gasteiger partial charge in [-0.15, -0.1) is 0 Å². The Morgan fingerprint density at radius 1 is 1.48 bits per heavy atom. The molecule has 0 aliphatic carbocycles. The minimum atomic E-state index is -0.283. The molecule has 0 aromatic heterocycles. The molecule has 4 heteroatoms. The average Bonchev–Trinajstić information content (AvgIpc) is 2.66. The van der Waals surface area contributed by atoms with Crippen LogP contribution in [0.2, 0.25) is 0 Å². The SMILES string of the molecule is C=Cc1cc(F)cc2c1/C(=N\NC)CC(C(/C=C\C)=C/C=C\C(C)CC)N2. The molecule has 0 fully saturated rings. The Balaban J connectivity index is 2.46. The number of benzene rings is 1. The number of rotatable bonds is 7. The minimum Gasteiger partial charge on any atom is -0.377 e. The van der Waals surface area contributed by atoms with E-state index in [-0.39, 0.29) is 11.9 Å². The van der Waals surface area contributed by atoms with Gasteiger partial charge >= 0.3 is 0 Å². The number of anilines is 1. The Morgan fingerprint density at radius 2 is 2.26 bits per heavy atom. The molecule has 27 heavy (non-hydrogen) atoms. The molecular formula is C23H30FN3. The van der Waals surface area contributed by atoms with Gasteiger partial charge in [-0.2, -0.15) is 5.10 Å². The second-order valence-corrected chi connectivity index (χ2v) is 6.74. The van der Waals surface area contributed by atoms with E-state index < -0.39 is 0 Å². The molecule has 2 unspecified atom stereocenters. The van der Waals surface area contributed by atoms with Gasteiger partial charge in [0.25, 0.3) is 0 Å².